The zero-order valence-electron chi connectivity index (χ0n) is 9.72. The van der Waals surface area contributed by atoms with Crippen molar-refractivity contribution in [2.75, 3.05) is 0 Å². The van der Waals surface area contributed by atoms with Crippen LogP contribution in [0.5, 0.6) is 0 Å². The standard InChI is InChI=1S/C13H9ClN2OS2/c14-9-4-2-1-3-8(9)7-16-12(17)11-10(5-6-19-11)15-13(16)18/h1-6H,7H2,(H,15,18). The van der Waals surface area contributed by atoms with Crippen molar-refractivity contribution in [1.82, 2.24) is 9.55 Å². The molecule has 2 aromatic heterocycles. The maximum atomic E-state index is 12.4. The second kappa shape index (κ2) is 4.92. The van der Waals surface area contributed by atoms with Gasteiger partial charge >= 0.3 is 0 Å². The van der Waals surface area contributed by atoms with E-state index in [-0.39, 0.29) is 5.56 Å². The number of benzene rings is 1. The molecule has 1 aromatic carbocycles. The highest BCUT2D eigenvalue weighted by Gasteiger charge is 2.08. The van der Waals surface area contributed by atoms with Crippen molar-refractivity contribution < 1.29 is 0 Å². The minimum atomic E-state index is -0.0753. The average Bonchev–Trinajstić information content (AvgIpc) is 2.84. The Morgan fingerprint density at radius 3 is 2.89 bits per heavy atom. The van der Waals surface area contributed by atoms with E-state index in [4.69, 9.17) is 23.8 Å². The van der Waals surface area contributed by atoms with Gasteiger partial charge in [-0.1, -0.05) is 29.8 Å². The maximum Gasteiger partial charge on any atom is 0.272 e. The van der Waals surface area contributed by atoms with E-state index in [0.717, 1.165) is 11.1 Å². The molecule has 0 saturated heterocycles. The van der Waals surface area contributed by atoms with Crippen LogP contribution in [0.25, 0.3) is 10.2 Å². The maximum absolute atomic E-state index is 12.4. The highest BCUT2D eigenvalue weighted by Crippen LogP contribution is 2.17. The number of hydrogen-bond acceptors (Lipinski definition) is 3. The zero-order valence-corrected chi connectivity index (χ0v) is 12.1. The lowest BCUT2D eigenvalue weighted by Gasteiger charge is -2.07. The first-order valence-electron chi connectivity index (χ1n) is 5.60. The number of rotatable bonds is 2. The SMILES string of the molecule is O=c1c2sccc2[nH]c(=S)n1Cc1ccccc1Cl. The van der Waals surface area contributed by atoms with E-state index in [1.807, 2.05) is 29.6 Å². The summed E-state index contributed by atoms with van der Waals surface area (Å²) in [5.74, 6) is 0. The van der Waals surface area contributed by atoms with Gasteiger partial charge in [-0.05, 0) is 35.3 Å². The van der Waals surface area contributed by atoms with Crippen molar-refractivity contribution in [1.29, 1.82) is 0 Å². The largest absolute Gasteiger partial charge is 0.331 e. The van der Waals surface area contributed by atoms with Crippen LogP contribution in [0.2, 0.25) is 5.02 Å². The number of aromatic nitrogens is 2. The Kier molecular flexibility index (Phi) is 3.26. The van der Waals surface area contributed by atoms with Gasteiger partial charge < -0.3 is 4.98 Å². The number of hydrogen-bond donors (Lipinski definition) is 1. The van der Waals surface area contributed by atoms with E-state index in [9.17, 15) is 4.79 Å². The van der Waals surface area contributed by atoms with E-state index in [1.165, 1.54) is 15.9 Å². The minimum absolute atomic E-state index is 0.0753. The molecule has 2 heterocycles. The quantitative estimate of drug-likeness (QED) is 0.731. The third-order valence-electron chi connectivity index (χ3n) is 2.88. The lowest BCUT2D eigenvalue weighted by molar-refractivity contribution is 0.736. The van der Waals surface area contributed by atoms with Crippen LogP contribution in [0.3, 0.4) is 0 Å². The number of aromatic amines is 1. The van der Waals surface area contributed by atoms with Crippen molar-refractivity contribution >= 4 is 45.4 Å². The Balaban J connectivity index is 2.18. The molecule has 0 amide bonds. The van der Waals surface area contributed by atoms with Gasteiger partial charge in [0.05, 0.1) is 12.1 Å². The third-order valence-corrected chi connectivity index (χ3v) is 4.47. The molecule has 0 aliphatic heterocycles. The monoisotopic (exact) mass is 308 g/mol. The van der Waals surface area contributed by atoms with Crippen molar-refractivity contribution in [3.05, 3.63) is 61.4 Å². The molecule has 96 valence electrons. The summed E-state index contributed by atoms with van der Waals surface area (Å²) in [5.41, 5.74) is 1.59. The molecule has 0 radical (unpaired) electrons. The lowest BCUT2D eigenvalue weighted by Crippen LogP contribution is -2.22. The molecule has 3 rings (SSSR count). The summed E-state index contributed by atoms with van der Waals surface area (Å²) in [6.45, 7) is 0.377. The smallest absolute Gasteiger partial charge is 0.272 e. The van der Waals surface area contributed by atoms with Gasteiger partial charge in [0.2, 0.25) is 0 Å². The minimum Gasteiger partial charge on any atom is -0.331 e. The molecule has 1 N–H and O–H groups in total. The van der Waals surface area contributed by atoms with Crippen LogP contribution in [0.1, 0.15) is 5.56 Å². The summed E-state index contributed by atoms with van der Waals surface area (Å²) < 4.78 is 2.63. The van der Waals surface area contributed by atoms with E-state index >= 15 is 0 Å². The van der Waals surface area contributed by atoms with Crippen LogP contribution in [0.4, 0.5) is 0 Å². The van der Waals surface area contributed by atoms with Crippen molar-refractivity contribution in [3.63, 3.8) is 0 Å². The molecule has 0 fully saturated rings. The first-order valence-corrected chi connectivity index (χ1v) is 7.27. The summed E-state index contributed by atoms with van der Waals surface area (Å²) >= 11 is 12.8. The third kappa shape index (κ3) is 2.25. The van der Waals surface area contributed by atoms with Gasteiger partial charge in [-0.3, -0.25) is 9.36 Å². The Morgan fingerprint density at radius 2 is 2.11 bits per heavy atom. The number of fused-ring (bicyclic) bond motifs is 1. The molecule has 6 heteroatoms. The van der Waals surface area contributed by atoms with E-state index in [2.05, 4.69) is 4.98 Å². The molecule has 0 aliphatic rings. The fourth-order valence-electron chi connectivity index (χ4n) is 1.91. The molecular formula is C13H9ClN2OS2. The van der Waals surface area contributed by atoms with E-state index in [1.54, 1.807) is 6.07 Å². The Bertz CT molecular complexity index is 863. The highest BCUT2D eigenvalue weighted by atomic mass is 35.5. The summed E-state index contributed by atoms with van der Waals surface area (Å²) in [5, 5.41) is 2.51. The van der Waals surface area contributed by atoms with Gasteiger partial charge in [-0.25, -0.2) is 0 Å². The number of thiophene rings is 1. The second-order valence-electron chi connectivity index (χ2n) is 4.08. The molecule has 0 bridgehead atoms. The Hall–Kier alpha value is -1.43. The average molecular weight is 309 g/mol. The molecule has 19 heavy (non-hydrogen) atoms. The van der Waals surface area contributed by atoms with E-state index in [0.29, 0.717) is 21.0 Å². The molecule has 0 atom stereocenters. The normalized spacial score (nSPS) is 11.0. The van der Waals surface area contributed by atoms with Crippen molar-refractivity contribution in [2.24, 2.45) is 0 Å². The zero-order chi connectivity index (χ0) is 13.4. The molecule has 0 saturated carbocycles. The van der Waals surface area contributed by atoms with Crippen molar-refractivity contribution in [3.8, 4) is 0 Å². The molecular weight excluding hydrogens is 300 g/mol. The number of nitrogens with zero attached hydrogens (tertiary/aromatic N) is 1. The molecule has 0 aliphatic carbocycles. The van der Waals surface area contributed by atoms with Crippen LogP contribution < -0.4 is 5.56 Å². The predicted octanol–water partition coefficient (Wildman–Crippen LogP) is 3.82. The topological polar surface area (TPSA) is 37.8 Å². The second-order valence-corrected chi connectivity index (χ2v) is 5.79. The van der Waals surface area contributed by atoms with Gasteiger partial charge in [0.25, 0.3) is 5.56 Å². The fourth-order valence-corrected chi connectivity index (χ4v) is 3.16. The van der Waals surface area contributed by atoms with Gasteiger partial charge in [-0.2, -0.15) is 0 Å². The summed E-state index contributed by atoms with van der Waals surface area (Å²) in [4.78, 5) is 15.4. The summed E-state index contributed by atoms with van der Waals surface area (Å²) in [6, 6.07) is 9.30. The first kappa shape index (κ1) is 12.6. The Labute approximate surface area is 123 Å². The molecule has 3 nitrogen and oxygen atoms in total. The Morgan fingerprint density at radius 1 is 1.32 bits per heavy atom. The first-order chi connectivity index (χ1) is 9.16. The lowest BCUT2D eigenvalue weighted by atomic mass is 10.2. The van der Waals surface area contributed by atoms with Crippen LogP contribution in [-0.4, -0.2) is 9.55 Å². The number of halogens is 1. The predicted molar refractivity (Wildman–Crippen MR) is 81.8 cm³/mol. The van der Waals surface area contributed by atoms with Crippen LogP contribution >= 0.6 is 35.2 Å². The van der Waals surface area contributed by atoms with E-state index < -0.39 is 0 Å². The molecule has 3 aromatic rings. The van der Waals surface area contributed by atoms with Gasteiger partial charge in [0.1, 0.15) is 4.70 Å². The van der Waals surface area contributed by atoms with Crippen molar-refractivity contribution in [2.45, 2.75) is 6.54 Å². The van der Waals surface area contributed by atoms with Gasteiger partial charge in [0.15, 0.2) is 4.77 Å². The summed E-state index contributed by atoms with van der Waals surface area (Å²) in [7, 11) is 0. The highest BCUT2D eigenvalue weighted by molar-refractivity contribution is 7.71. The molecule has 0 spiro atoms. The molecule has 0 unspecified atom stereocenters. The number of nitrogens with one attached hydrogen (secondary N) is 1. The number of H-pyrrole nitrogens is 1. The van der Waals surface area contributed by atoms with Crippen LogP contribution in [0.15, 0.2) is 40.5 Å². The van der Waals surface area contributed by atoms with Crippen LogP contribution in [-0.2, 0) is 6.54 Å². The van der Waals surface area contributed by atoms with Gasteiger partial charge in [-0.15, -0.1) is 11.3 Å². The fraction of sp³-hybridized carbons (Fsp3) is 0.0769. The van der Waals surface area contributed by atoms with Crippen LogP contribution in [0, 0.1) is 4.77 Å². The van der Waals surface area contributed by atoms with Gasteiger partial charge in [0, 0.05) is 5.02 Å². The summed E-state index contributed by atoms with van der Waals surface area (Å²) in [6.07, 6.45) is 0.